The van der Waals surface area contributed by atoms with Crippen LogP contribution < -0.4 is 9.74 Å². The molecule has 28 heavy (non-hydrogen) atoms. The number of aromatic nitrogens is 4. The molecule has 0 radical (unpaired) electrons. The van der Waals surface area contributed by atoms with Gasteiger partial charge in [0.25, 0.3) is 5.56 Å². The van der Waals surface area contributed by atoms with Crippen molar-refractivity contribution >= 4 is 21.0 Å². The summed E-state index contributed by atoms with van der Waals surface area (Å²) in [5.74, 6) is -0.167. The molecule has 2 aromatic heterocycles. The summed E-state index contributed by atoms with van der Waals surface area (Å²) in [4.78, 5) is 12.6. The van der Waals surface area contributed by atoms with Crippen LogP contribution in [0.25, 0.3) is 16.6 Å². The highest BCUT2D eigenvalue weighted by molar-refractivity contribution is 7.87. The Kier molecular flexibility index (Phi) is 4.66. The Bertz CT molecular complexity index is 1270. The van der Waals surface area contributed by atoms with Crippen molar-refractivity contribution in [2.45, 2.75) is 6.54 Å². The van der Waals surface area contributed by atoms with Gasteiger partial charge in [0.1, 0.15) is 11.5 Å². The van der Waals surface area contributed by atoms with E-state index in [4.69, 9.17) is 4.18 Å². The van der Waals surface area contributed by atoms with Gasteiger partial charge in [-0.3, -0.25) is 4.79 Å². The lowest BCUT2D eigenvalue weighted by atomic mass is 10.3. The Morgan fingerprint density at radius 3 is 2.36 bits per heavy atom. The first kappa shape index (κ1) is 17.9. The van der Waals surface area contributed by atoms with E-state index in [1.54, 1.807) is 41.2 Å². The van der Waals surface area contributed by atoms with Crippen molar-refractivity contribution in [2.75, 3.05) is 5.75 Å². The van der Waals surface area contributed by atoms with Crippen molar-refractivity contribution in [1.29, 1.82) is 0 Å². The van der Waals surface area contributed by atoms with E-state index < -0.39 is 15.7 Å². The second kappa shape index (κ2) is 7.28. The molecule has 0 aliphatic heterocycles. The largest absolute Gasteiger partial charge is 0.382 e. The van der Waals surface area contributed by atoms with Crippen LogP contribution in [-0.4, -0.2) is 33.7 Å². The molecule has 2 heterocycles. The monoisotopic (exact) mass is 396 g/mol. The van der Waals surface area contributed by atoms with Crippen molar-refractivity contribution < 1.29 is 12.6 Å². The quantitative estimate of drug-likeness (QED) is 0.463. The number of fused-ring (bicyclic) bond motifs is 1. The van der Waals surface area contributed by atoms with Gasteiger partial charge in [0.2, 0.25) is 0 Å². The van der Waals surface area contributed by atoms with Crippen LogP contribution >= 0.6 is 0 Å². The predicted octanol–water partition coefficient (Wildman–Crippen LogP) is 1.99. The van der Waals surface area contributed by atoms with E-state index in [1.807, 2.05) is 30.3 Å². The number of hydrogen-bond acceptors (Lipinski definition) is 6. The zero-order chi connectivity index (χ0) is 19.6. The summed E-state index contributed by atoms with van der Waals surface area (Å²) in [6.45, 7) is -0.137. The fourth-order valence-corrected chi connectivity index (χ4v) is 3.57. The number of benzene rings is 2. The zero-order valence-electron chi connectivity index (χ0n) is 14.7. The maximum Gasteiger partial charge on any atom is 0.311 e. The molecule has 0 aliphatic carbocycles. The number of nitrogens with zero attached hydrogens (tertiary/aromatic N) is 4. The van der Waals surface area contributed by atoms with Gasteiger partial charge >= 0.3 is 10.1 Å². The summed E-state index contributed by atoms with van der Waals surface area (Å²) in [7, 11) is -3.87. The van der Waals surface area contributed by atoms with Gasteiger partial charge in [0.05, 0.1) is 18.4 Å². The topological polar surface area (TPSA) is 96.1 Å². The van der Waals surface area contributed by atoms with Gasteiger partial charge in [0, 0.05) is 11.6 Å². The van der Waals surface area contributed by atoms with E-state index in [-0.39, 0.29) is 23.6 Å². The van der Waals surface area contributed by atoms with E-state index in [1.165, 1.54) is 6.20 Å². The Morgan fingerprint density at radius 2 is 1.64 bits per heavy atom. The molecule has 2 aromatic carbocycles. The van der Waals surface area contributed by atoms with E-state index in [0.29, 0.717) is 5.39 Å². The maximum absolute atomic E-state index is 12.6. The minimum atomic E-state index is -3.87. The first-order valence-corrected chi connectivity index (χ1v) is 10.1. The van der Waals surface area contributed by atoms with Crippen LogP contribution in [0.5, 0.6) is 5.75 Å². The molecule has 142 valence electrons. The lowest BCUT2D eigenvalue weighted by Crippen LogP contribution is -2.28. The molecule has 0 N–H and O–H groups in total. The fourth-order valence-electron chi connectivity index (χ4n) is 2.69. The lowest BCUT2D eigenvalue weighted by molar-refractivity contribution is 0.477. The first-order valence-electron chi connectivity index (χ1n) is 8.50. The maximum atomic E-state index is 12.6. The van der Waals surface area contributed by atoms with Crippen molar-refractivity contribution in [2.24, 2.45) is 0 Å². The minimum Gasteiger partial charge on any atom is -0.382 e. The standard InChI is InChI=1S/C19H16N4O4S/c24-19-18-15(14-23(21-18)16-7-3-1-4-8-16)13-20-22(19)11-12-28(25,26)27-17-9-5-2-6-10-17/h1-10,13-14H,11-12H2. The molecule has 0 aliphatic rings. The number of aryl methyl sites for hydroxylation is 1. The highest BCUT2D eigenvalue weighted by Crippen LogP contribution is 2.13. The molecule has 0 saturated heterocycles. The second-order valence-electron chi connectivity index (χ2n) is 6.04. The normalized spacial score (nSPS) is 11.6. The van der Waals surface area contributed by atoms with Crippen LogP contribution in [0.4, 0.5) is 0 Å². The Balaban J connectivity index is 1.56. The average Bonchev–Trinajstić information content (AvgIpc) is 3.14. The summed E-state index contributed by atoms with van der Waals surface area (Å²) in [5.41, 5.74) is 0.575. The molecule has 0 spiro atoms. The predicted molar refractivity (Wildman–Crippen MR) is 104 cm³/mol. The fraction of sp³-hybridized carbons (Fsp3) is 0.105. The summed E-state index contributed by atoms with van der Waals surface area (Å²) < 4.78 is 32.0. The highest BCUT2D eigenvalue weighted by atomic mass is 32.2. The minimum absolute atomic E-state index is 0.137. The lowest BCUT2D eigenvalue weighted by Gasteiger charge is -2.07. The third kappa shape index (κ3) is 3.79. The zero-order valence-corrected chi connectivity index (χ0v) is 15.5. The summed E-state index contributed by atoms with van der Waals surface area (Å²) in [6, 6.07) is 17.6. The van der Waals surface area contributed by atoms with Crippen LogP contribution in [0, 0.1) is 0 Å². The Morgan fingerprint density at radius 1 is 0.964 bits per heavy atom. The molecule has 0 amide bonds. The van der Waals surface area contributed by atoms with Crippen LogP contribution in [0.2, 0.25) is 0 Å². The molecule has 0 unspecified atom stereocenters. The van der Waals surface area contributed by atoms with Crippen molar-refractivity contribution in [3.8, 4) is 11.4 Å². The van der Waals surface area contributed by atoms with Gasteiger partial charge in [-0.1, -0.05) is 36.4 Å². The first-order chi connectivity index (χ1) is 13.5. The van der Waals surface area contributed by atoms with Crippen LogP contribution in [-0.2, 0) is 16.7 Å². The summed E-state index contributed by atoms with van der Waals surface area (Å²) >= 11 is 0. The van der Waals surface area contributed by atoms with E-state index in [9.17, 15) is 13.2 Å². The van der Waals surface area contributed by atoms with Gasteiger partial charge in [-0.25, -0.2) is 9.36 Å². The molecule has 9 heteroatoms. The molecule has 0 bridgehead atoms. The molecule has 0 atom stereocenters. The van der Waals surface area contributed by atoms with Gasteiger partial charge in [-0.2, -0.15) is 18.6 Å². The van der Waals surface area contributed by atoms with E-state index >= 15 is 0 Å². The highest BCUT2D eigenvalue weighted by Gasteiger charge is 2.16. The van der Waals surface area contributed by atoms with Crippen molar-refractivity contribution in [1.82, 2.24) is 19.6 Å². The Labute approximate surface area is 160 Å². The molecule has 4 aromatic rings. The van der Waals surface area contributed by atoms with Gasteiger partial charge < -0.3 is 4.18 Å². The Hall–Kier alpha value is -3.46. The molecule has 4 rings (SSSR count). The number of hydrogen-bond donors (Lipinski definition) is 0. The van der Waals surface area contributed by atoms with Crippen molar-refractivity contribution in [3.05, 3.63) is 83.4 Å². The van der Waals surface area contributed by atoms with Crippen LogP contribution in [0.3, 0.4) is 0 Å². The molecule has 8 nitrogen and oxygen atoms in total. The molecular formula is C19H16N4O4S. The average molecular weight is 396 g/mol. The van der Waals surface area contributed by atoms with Crippen LogP contribution in [0.1, 0.15) is 0 Å². The van der Waals surface area contributed by atoms with Gasteiger partial charge in [-0.05, 0) is 24.3 Å². The van der Waals surface area contributed by atoms with Gasteiger partial charge in [-0.15, -0.1) is 0 Å². The molecule has 0 fully saturated rings. The smallest absolute Gasteiger partial charge is 0.311 e. The SMILES string of the molecule is O=c1c2nn(-c3ccccc3)cc2cnn1CCS(=O)(=O)Oc1ccccc1. The molecule has 0 saturated carbocycles. The number of rotatable bonds is 6. The van der Waals surface area contributed by atoms with E-state index in [0.717, 1.165) is 10.4 Å². The van der Waals surface area contributed by atoms with Crippen molar-refractivity contribution in [3.63, 3.8) is 0 Å². The molecular weight excluding hydrogens is 380 g/mol. The second-order valence-corrected chi connectivity index (χ2v) is 7.73. The summed E-state index contributed by atoms with van der Waals surface area (Å²) in [6.07, 6.45) is 3.20. The van der Waals surface area contributed by atoms with Gasteiger partial charge in [0.15, 0.2) is 5.52 Å². The third-order valence-electron chi connectivity index (χ3n) is 4.06. The third-order valence-corrected chi connectivity index (χ3v) is 5.18. The number of para-hydroxylation sites is 2. The summed E-state index contributed by atoms with van der Waals surface area (Å²) in [5, 5.41) is 8.95. The van der Waals surface area contributed by atoms with E-state index in [2.05, 4.69) is 10.2 Å². The van der Waals surface area contributed by atoms with Crippen LogP contribution in [0.15, 0.2) is 77.9 Å².